The Morgan fingerprint density at radius 3 is 2.25 bits per heavy atom. The molecule has 0 radical (unpaired) electrons. The monoisotopic (exact) mass is 398 g/mol. The molecule has 0 aromatic heterocycles. The van der Waals surface area contributed by atoms with Gasteiger partial charge in [0.15, 0.2) is 5.52 Å². The Hall–Kier alpha value is -1.66. The van der Waals surface area contributed by atoms with Crippen molar-refractivity contribution in [1.29, 1.82) is 0 Å². The first-order valence-electron chi connectivity index (χ1n) is 10.5. The third kappa shape index (κ3) is 6.17. The molecule has 28 heavy (non-hydrogen) atoms. The van der Waals surface area contributed by atoms with Crippen molar-refractivity contribution in [3.05, 3.63) is 58.1 Å². The average Bonchev–Trinajstić information content (AvgIpc) is 2.63. The van der Waals surface area contributed by atoms with Crippen LogP contribution in [-0.4, -0.2) is 12.1 Å². The smallest absolute Gasteiger partial charge is 0.186 e. The Kier molecular flexibility index (Phi) is 8.70. The fourth-order valence-corrected chi connectivity index (χ4v) is 4.90. The van der Waals surface area contributed by atoms with Crippen molar-refractivity contribution in [2.75, 3.05) is 6.61 Å². The highest BCUT2D eigenvalue weighted by Crippen LogP contribution is 2.27. The maximum absolute atomic E-state index is 12.9. The molecular weight excluding hydrogens is 363 g/mol. The van der Waals surface area contributed by atoms with Gasteiger partial charge in [0.25, 0.3) is 0 Å². The molecule has 0 saturated heterocycles. The lowest BCUT2D eigenvalue weighted by molar-refractivity contribution is 0.108. The van der Waals surface area contributed by atoms with Crippen LogP contribution >= 0.6 is 8.58 Å². The zero-order valence-corrected chi connectivity index (χ0v) is 19.3. The molecule has 2 rings (SSSR count). The molecule has 0 saturated carbocycles. The second-order valence-electron chi connectivity index (χ2n) is 7.93. The lowest BCUT2D eigenvalue weighted by Crippen LogP contribution is -2.12. The number of rotatable bonds is 10. The standard InChI is InChI=1S/C25H35O2P/c1-7-9-10-21(8-2)16-27-22-11-12-23(18(4)15-22)28-25(26)24-19(5)13-17(3)14-20(24)6/h11-15,21,28H,7-10,16H2,1-6H3. The first-order chi connectivity index (χ1) is 13.3. The van der Waals surface area contributed by atoms with E-state index < -0.39 is 0 Å². The third-order valence-corrected chi connectivity index (χ3v) is 6.69. The molecule has 0 N–H and O–H groups in total. The minimum absolute atomic E-state index is 0.143. The van der Waals surface area contributed by atoms with Crippen LogP contribution < -0.4 is 10.0 Å². The minimum atomic E-state index is 0.143. The number of carbonyl (C=O) groups is 1. The molecule has 2 nitrogen and oxygen atoms in total. The largest absolute Gasteiger partial charge is 0.493 e. The van der Waals surface area contributed by atoms with Crippen molar-refractivity contribution in [2.24, 2.45) is 5.92 Å². The van der Waals surface area contributed by atoms with Gasteiger partial charge in [-0.15, -0.1) is 0 Å². The van der Waals surface area contributed by atoms with Crippen molar-refractivity contribution in [3.63, 3.8) is 0 Å². The Bertz CT molecular complexity index is 787. The van der Waals surface area contributed by atoms with E-state index >= 15 is 0 Å². The minimum Gasteiger partial charge on any atom is -0.493 e. The van der Waals surface area contributed by atoms with Crippen LogP contribution in [0.5, 0.6) is 5.75 Å². The van der Waals surface area contributed by atoms with E-state index in [1.54, 1.807) is 0 Å². The number of unbranched alkanes of at least 4 members (excludes halogenated alkanes) is 1. The van der Waals surface area contributed by atoms with E-state index in [-0.39, 0.29) is 14.1 Å². The van der Waals surface area contributed by atoms with E-state index in [1.807, 2.05) is 19.9 Å². The van der Waals surface area contributed by atoms with Crippen LogP contribution in [0.15, 0.2) is 30.3 Å². The van der Waals surface area contributed by atoms with Crippen LogP contribution in [-0.2, 0) is 0 Å². The number of hydrogen-bond donors (Lipinski definition) is 0. The van der Waals surface area contributed by atoms with Crippen LogP contribution in [0, 0.1) is 33.6 Å². The Balaban J connectivity index is 2.05. The summed E-state index contributed by atoms with van der Waals surface area (Å²) in [7, 11) is 0.143. The highest BCUT2D eigenvalue weighted by atomic mass is 31.1. The van der Waals surface area contributed by atoms with Crippen LogP contribution in [0.4, 0.5) is 0 Å². The van der Waals surface area contributed by atoms with Crippen molar-refractivity contribution in [1.82, 2.24) is 0 Å². The van der Waals surface area contributed by atoms with E-state index in [0.717, 1.165) is 46.3 Å². The molecule has 0 aliphatic rings. The van der Waals surface area contributed by atoms with Crippen molar-refractivity contribution in [2.45, 2.75) is 67.2 Å². The van der Waals surface area contributed by atoms with Gasteiger partial charge in [-0.05, 0) is 82.7 Å². The molecule has 0 fully saturated rings. The molecule has 0 heterocycles. The van der Waals surface area contributed by atoms with Gasteiger partial charge in [-0.3, -0.25) is 4.79 Å². The Labute approximate surface area is 172 Å². The molecule has 0 bridgehead atoms. The Morgan fingerprint density at radius 2 is 1.68 bits per heavy atom. The van der Waals surface area contributed by atoms with Crippen molar-refractivity contribution in [3.8, 4) is 5.75 Å². The SMILES string of the molecule is CCCCC(CC)COc1ccc(PC(=O)c2c(C)cc(C)cc2C)c(C)c1. The summed E-state index contributed by atoms with van der Waals surface area (Å²) in [5.74, 6) is 1.53. The highest BCUT2D eigenvalue weighted by molar-refractivity contribution is 7.66. The number of carbonyl (C=O) groups excluding carboxylic acids is 1. The molecule has 2 aromatic rings. The molecule has 0 amide bonds. The molecule has 2 atom stereocenters. The number of ether oxygens (including phenoxy) is 1. The molecule has 2 unspecified atom stereocenters. The predicted molar refractivity (Wildman–Crippen MR) is 123 cm³/mol. The van der Waals surface area contributed by atoms with E-state index in [0.29, 0.717) is 5.92 Å². The first-order valence-corrected chi connectivity index (χ1v) is 11.5. The maximum atomic E-state index is 12.9. The summed E-state index contributed by atoms with van der Waals surface area (Å²) < 4.78 is 6.05. The topological polar surface area (TPSA) is 26.3 Å². The van der Waals surface area contributed by atoms with Crippen molar-refractivity contribution < 1.29 is 9.53 Å². The van der Waals surface area contributed by atoms with Gasteiger partial charge < -0.3 is 4.74 Å². The first kappa shape index (κ1) is 22.6. The lowest BCUT2D eigenvalue weighted by atomic mass is 10.0. The van der Waals surface area contributed by atoms with E-state index in [1.165, 1.54) is 24.8 Å². The highest BCUT2D eigenvalue weighted by Gasteiger charge is 2.15. The number of hydrogen-bond acceptors (Lipinski definition) is 2. The second kappa shape index (κ2) is 10.8. The molecule has 3 heteroatoms. The van der Waals surface area contributed by atoms with Gasteiger partial charge in [-0.2, -0.15) is 0 Å². The molecule has 0 spiro atoms. The fraction of sp³-hybridized carbons (Fsp3) is 0.480. The molecule has 2 aromatic carbocycles. The van der Waals surface area contributed by atoms with E-state index in [2.05, 4.69) is 52.0 Å². The average molecular weight is 399 g/mol. The summed E-state index contributed by atoms with van der Waals surface area (Å²) in [5, 5.41) is 1.11. The fourth-order valence-electron chi connectivity index (χ4n) is 3.70. The van der Waals surface area contributed by atoms with Crippen molar-refractivity contribution >= 4 is 19.4 Å². The van der Waals surface area contributed by atoms with Gasteiger partial charge >= 0.3 is 0 Å². The quantitative estimate of drug-likeness (QED) is 0.418. The van der Waals surface area contributed by atoms with Gasteiger partial charge in [0.1, 0.15) is 5.75 Å². The molecule has 0 aliphatic heterocycles. The summed E-state index contributed by atoms with van der Waals surface area (Å²) in [4.78, 5) is 12.9. The third-order valence-electron chi connectivity index (χ3n) is 5.38. The summed E-state index contributed by atoms with van der Waals surface area (Å²) >= 11 is 0. The van der Waals surface area contributed by atoms with Crippen LogP contribution in [0.2, 0.25) is 0 Å². The summed E-state index contributed by atoms with van der Waals surface area (Å²) in [5.41, 5.74) is 5.59. The zero-order valence-electron chi connectivity index (χ0n) is 18.3. The van der Waals surface area contributed by atoms with Gasteiger partial charge in [-0.1, -0.05) is 56.9 Å². The van der Waals surface area contributed by atoms with Gasteiger partial charge in [0, 0.05) is 5.56 Å². The normalized spacial score (nSPS) is 12.5. The molecule has 152 valence electrons. The molecular formula is C25H35O2P. The maximum Gasteiger partial charge on any atom is 0.186 e. The van der Waals surface area contributed by atoms with E-state index in [9.17, 15) is 4.79 Å². The zero-order chi connectivity index (χ0) is 20.7. The van der Waals surface area contributed by atoms with E-state index in [4.69, 9.17) is 4.74 Å². The molecule has 0 aliphatic carbocycles. The van der Waals surface area contributed by atoms with Crippen LogP contribution in [0.3, 0.4) is 0 Å². The van der Waals surface area contributed by atoms with Gasteiger partial charge in [0.05, 0.1) is 6.61 Å². The second-order valence-corrected chi connectivity index (χ2v) is 9.17. The lowest BCUT2D eigenvalue weighted by Gasteiger charge is -2.16. The summed E-state index contributed by atoms with van der Waals surface area (Å²) in [6.45, 7) is 13.5. The Morgan fingerprint density at radius 1 is 1.00 bits per heavy atom. The number of benzene rings is 2. The van der Waals surface area contributed by atoms with Crippen LogP contribution in [0.1, 0.15) is 72.1 Å². The van der Waals surface area contributed by atoms with Gasteiger partial charge in [-0.25, -0.2) is 0 Å². The summed E-state index contributed by atoms with van der Waals surface area (Å²) in [6, 6.07) is 10.3. The summed E-state index contributed by atoms with van der Waals surface area (Å²) in [6.07, 6.45) is 4.89. The predicted octanol–water partition coefficient (Wildman–Crippen LogP) is 6.66. The van der Waals surface area contributed by atoms with Gasteiger partial charge in [0.2, 0.25) is 0 Å². The number of aryl methyl sites for hydroxylation is 4. The van der Waals surface area contributed by atoms with Crippen LogP contribution in [0.25, 0.3) is 0 Å².